The number of hydrogen-bond donors (Lipinski definition) is 2. The highest BCUT2D eigenvalue weighted by Gasteiger charge is 2.09. The zero-order valence-electron chi connectivity index (χ0n) is 14.7. The molecule has 0 bridgehead atoms. The van der Waals surface area contributed by atoms with Crippen LogP contribution in [0.2, 0.25) is 0 Å². The minimum Gasteiger partial charge on any atom is -0.379 e. The lowest BCUT2D eigenvalue weighted by Crippen LogP contribution is -2.41. The van der Waals surface area contributed by atoms with Gasteiger partial charge < -0.3 is 20.3 Å². The maximum absolute atomic E-state index is 12.2. The molecule has 1 aliphatic rings. The molecule has 0 unspecified atom stereocenters. The lowest BCUT2D eigenvalue weighted by Gasteiger charge is -2.26. The molecule has 0 aliphatic carbocycles. The number of rotatable bonds is 9. The normalized spacial score (nSPS) is 15.5. The summed E-state index contributed by atoms with van der Waals surface area (Å²) in [5, 5.41) is 6.25. The maximum Gasteiger partial charge on any atom is 0.243 e. The summed E-state index contributed by atoms with van der Waals surface area (Å²) in [4.78, 5) is 19.7. The van der Waals surface area contributed by atoms with Crippen molar-refractivity contribution >= 4 is 35.8 Å². The van der Waals surface area contributed by atoms with Crippen molar-refractivity contribution in [3.63, 3.8) is 0 Å². The van der Waals surface area contributed by atoms with Gasteiger partial charge in [-0.2, -0.15) is 0 Å². The maximum atomic E-state index is 12.2. The monoisotopic (exact) mass is 459 g/mol. The molecule has 2 N–H and O–H groups in total. The first-order valence-electron chi connectivity index (χ1n) is 8.22. The van der Waals surface area contributed by atoms with E-state index in [1.807, 2.05) is 0 Å². The van der Waals surface area contributed by atoms with E-state index >= 15 is 0 Å². The second-order valence-electron chi connectivity index (χ2n) is 5.66. The van der Waals surface area contributed by atoms with Crippen molar-refractivity contribution in [1.82, 2.24) is 20.4 Å². The molecule has 0 atom stereocenters. The minimum atomic E-state index is -0.367. The van der Waals surface area contributed by atoms with Crippen molar-refractivity contribution in [3.05, 3.63) is 0 Å². The average Bonchev–Trinajstić information content (AvgIpc) is 2.56. The molecular formula is C15H31FIN5O2. The van der Waals surface area contributed by atoms with Gasteiger partial charge in [0.1, 0.15) is 6.54 Å². The third-order valence-electron chi connectivity index (χ3n) is 3.52. The van der Waals surface area contributed by atoms with E-state index in [4.69, 9.17) is 4.74 Å². The Kier molecular flexibility index (Phi) is 14.2. The number of nitrogens with zero attached hydrogens (tertiary/aromatic N) is 3. The Bertz CT molecular complexity index is 366. The molecule has 0 saturated carbocycles. The summed E-state index contributed by atoms with van der Waals surface area (Å²) >= 11 is 0. The van der Waals surface area contributed by atoms with Crippen molar-refractivity contribution in [3.8, 4) is 0 Å². The molecule has 1 fully saturated rings. The molecule has 1 rings (SSSR count). The molecule has 0 aromatic carbocycles. The van der Waals surface area contributed by atoms with Crippen LogP contribution in [0.25, 0.3) is 0 Å². The van der Waals surface area contributed by atoms with E-state index in [0.717, 1.165) is 45.8 Å². The number of carbonyl (C=O) groups is 1. The molecule has 0 radical (unpaired) electrons. The molecule has 0 aromatic rings. The Labute approximate surface area is 161 Å². The number of alkyl halides is 1. The number of nitrogens with one attached hydrogen (secondary N) is 2. The Morgan fingerprint density at radius 2 is 1.83 bits per heavy atom. The van der Waals surface area contributed by atoms with E-state index in [9.17, 15) is 9.18 Å². The van der Waals surface area contributed by atoms with Gasteiger partial charge in [0, 0.05) is 40.3 Å². The molecule has 0 spiro atoms. The fourth-order valence-corrected chi connectivity index (χ4v) is 2.07. The summed E-state index contributed by atoms with van der Waals surface area (Å²) in [6, 6.07) is 0. The van der Waals surface area contributed by atoms with Crippen LogP contribution in [0.4, 0.5) is 4.39 Å². The van der Waals surface area contributed by atoms with Crippen LogP contribution in [-0.4, -0.2) is 94.9 Å². The van der Waals surface area contributed by atoms with Crippen molar-refractivity contribution in [2.75, 3.05) is 73.3 Å². The number of likely N-dealkylation sites (N-methyl/N-ethyl adjacent to an activating group) is 1. The first-order chi connectivity index (χ1) is 11.1. The smallest absolute Gasteiger partial charge is 0.243 e. The van der Waals surface area contributed by atoms with Crippen LogP contribution in [-0.2, 0) is 9.53 Å². The first-order valence-corrected chi connectivity index (χ1v) is 8.22. The van der Waals surface area contributed by atoms with Gasteiger partial charge in [0.25, 0.3) is 0 Å². The van der Waals surface area contributed by atoms with Gasteiger partial charge >= 0.3 is 0 Å². The van der Waals surface area contributed by atoms with Gasteiger partial charge in [-0.05, 0) is 19.4 Å². The molecule has 7 nitrogen and oxygen atoms in total. The molecular weight excluding hydrogens is 428 g/mol. The van der Waals surface area contributed by atoms with Gasteiger partial charge in [-0.25, -0.2) is 4.99 Å². The molecule has 1 amide bonds. The van der Waals surface area contributed by atoms with Gasteiger partial charge in [0.15, 0.2) is 5.96 Å². The number of amides is 1. The zero-order chi connectivity index (χ0) is 16.9. The minimum absolute atomic E-state index is 0. The number of guanidine groups is 1. The van der Waals surface area contributed by atoms with Crippen LogP contribution < -0.4 is 10.6 Å². The molecule has 9 heteroatoms. The molecule has 0 aromatic heterocycles. The average molecular weight is 459 g/mol. The second kappa shape index (κ2) is 14.6. The number of hydrogen-bond acceptors (Lipinski definition) is 4. The number of ether oxygens (including phenoxy) is 1. The van der Waals surface area contributed by atoms with Gasteiger partial charge in [-0.3, -0.25) is 14.1 Å². The molecule has 1 heterocycles. The number of halogens is 2. The van der Waals surface area contributed by atoms with Gasteiger partial charge in [0.2, 0.25) is 5.91 Å². The van der Waals surface area contributed by atoms with Crippen LogP contribution in [0.3, 0.4) is 0 Å². The molecule has 142 valence electrons. The zero-order valence-corrected chi connectivity index (χ0v) is 17.1. The van der Waals surface area contributed by atoms with Crippen LogP contribution in [0.1, 0.15) is 12.8 Å². The van der Waals surface area contributed by atoms with Crippen LogP contribution in [0.5, 0.6) is 0 Å². The SMILES string of the molecule is CN(C)C(=O)CN=C(NCCCF)NCCCN1CCOCC1.I. The van der Waals surface area contributed by atoms with Crippen molar-refractivity contribution in [1.29, 1.82) is 0 Å². The number of aliphatic imine (C=N–C) groups is 1. The van der Waals surface area contributed by atoms with Crippen LogP contribution in [0, 0.1) is 0 Å². The summed E-state index contributed by atoms with van der Waals surface area (Å²) in [7, 11) is 3.40. The lowest BCUT2D eigenvalue weighted by atomic mass is 10.3. The van der Waals surface area contributed by atoms with Crippen molar-refractivity contribution in [2.24, 2.45) is 4.99 Å². The lowest BCUT2D eigenvalue weighted by molar-refractivity contribution is -0.127. The second-order valence-corrected chi connectivity index (χ2v) is 5.66. The van der Waals surface area contributed by atoms with Crippen molar-refractivity contribution in [2.45, 2.75) is 12.8 Å². The van der Waals surface area contributed by atoms with Crippen LogP contribution >= 0.6 is 24.0 Å². The topological polar surface area (TPSA) is 69.2 Å². The van der Waals surface area contributed by atoms with Gasteiger partial charge in [-0.15, -0.1) is 24.0 Å². The third-order valence-corrected chi connectivity index (χ3v) is 3.52. The van der Waals surface area contributed by atoms with E-state index in [2.05, 4.69) is 20.5 Å². The van der Waals surface area contributed by atoms with E-state index in [1.54, 1.807) is 14.1 Å². The summed E-state index contributed by atoms with van der Waals surface area (Å²) < 4.78 is 17.5. The van der Waals surface area contributed by atoms with Gasteiger partial charge in [-0.1, -0.05) is 0 Å². The summed E-state index contributed by atoms with van der Waals surface area (Å²) in [6.45, 7) is 5.55. The van der Waals surface area contributed by atoms with E-state index in [0.29, 0.717) is 18.9 Å². The quantitative estimate of drug-likeness (QED) is 0.225. The third kappa shape index (κ3) is 11.0. The predicted octanol–water partition coefficient (Wildman–Crippen LogP) is 0.310. The number of carbonyl (C=O) groups excluding carboxylic acids is 1. The molecule has 24 heavy (non-hydrogen) atoms. The Hall–Kier alpha value is -0.680. The largest absolute Gasteiger partial charge is 0.379 e. The van der Waals surface area contributed by atoms with Crippen molar-refractivity contribution < 1.29 is 13.9 Å². The highest BCUT2D eigenvalue weighted by atomic mass is 127. The fraction of sp³-hybridized carbons (Fsp3) is 0.867. The van der Waals surface area contributed by atoms with E-state index < -0.39 is 0 Å². The Morgan fingerprint density at radius 3 is 2.42 bits per heavy atom. The fourth-order valence-electron chi connectivity index (χ4n) is 2.07. The van der Waals surface area contributed by atoms with Gasteiger partial charge in [0.05, 0.1) is 19.9 Å². The highest BCUT2D eigenvalue weighted by Crippen LogP contribution is 1.97. The highest BCUT2D eigenvalue weighted by molar-refractivity contribution is 14.0. The van der Waals surface area contributed by atoms with Crippen LogP contribution in [0.15, 0.2) is 4.99 Å². The Balaban J connectivity index is 0.00000529. The van der Waals surface area contributed by atoms with E-state index in [-0.39, 0.29) is 43.1 Å². The van der Waals surface area contributed by atoms with E-state index in [1.165, 1.54) is 4.90 Å². The standard InChI is InChI=1S/C15H30FN5O2.HI/c1-20(2)14(22)13-19-15(17-6-3-5-16)18-7-4-8-21-9-11-23-12-10-21;/h3-13H2,1-2H3,(H2,17,18,19);1H. The molecule has 1 saturated heterocycles. The summed E-state index contributed by atoms with van der Waals surface area (Å²) in [5.74, 6) is 0.500. The predicted molar refractivity (Wildman–Crippen MR) is 105 cm³/mol. The number of morpholine rings is 1. The summed E-state index contributed by atoms with van der Waals surface area (Å²) in [6.07, 6.45) is 1.40. The summed E-state index contributed by atoms with van der Waals surface area (Å²) in [5.41, 5.74) is 0. The first kappa shape index (κ1) is 23.3. The molecule has 1 aliphatic heterocycles. The Morgan fingerprint density at radius 1 is 1.21 bits per heavy atom.